The van der Waals surface area contributed by atoms with Gasteiger partial charge in [-0.05, 0) is 37.3 Å². The van der Waals surface area contributed by atoms with Crippen LogP contribution in [0.5, 0.6) is 0 Å². The summed E-state index contributed by atoms with van der Waals surface area (Å²) in [5, 5.41) is 0. The van der Waals surface area contributed by atoms with E-state index in [2.05, 4.69) is 11.5 Å². The first-order valence-electron chi connectivity index (χ1n) is 5.82. The van der Waals surface area contributed by atoms with Crippen molar-refractivity contribution in [2.24, 2.45) is 0 Å². The molecule has 1 aliphatic rings. The molecule has 0 spiro atoms. The second kappa shape index (κ2) is 5.12. The van der Waals surface area contributed by atoms with Gasteiger partial charge in [0.05, 0.1) is 12.5 Å². The number of carbonyl (C=O) groups is 1. The zero-order chi connectivity index (χ0) is 11.4. The van der Waals surface area contributed by atoms with Gasteiger partial charge in [0.2, 0.25) is 0 Å². The molecule has 0 aromatic heterocycles. The van der Waals surface area contributed by atoms with Gasteiger partial charge >= 0.3 is 0 Å². The van der Waals surface area contributed by atoms with Crippen molar-refractivity contribution < 1.29 is 9.63 Å². The van der Waals surface area contributed by atoms with Crippen LogP contribution in [0.15, 0.2) is 24.3 Å². The number of fused-ring (bicyclic) bond motifs is 1. The summed E-state index contributed by atoms with van der Waals surface area (Å²) in [4.78, 5) is 16.8. The maximum absolute atomic E-state index is 11.9. The Morgan fingerprint density at radius 1 is 1.50 bits per heavy atom. The minimum absolute atomic E-state index is 0.0194. The van der Waals surface area contributed by atoms with Crippen molar-refractivity contribution in [3.63, 3.8) is 0 Å². The molecule has 3 nitrogen and oxygen atoms in total. The third-order valence-corrected chi connectivity index (χ3v) is 3.00. The standard InChI is InChI=1S/C13H17NO2/c1-2-16-14-13(15)12-9-5-7-10-6-3-4-8-11(10)12/h3-4,6,8,12H,2,5,7,9H2,1H3,(H,14,15). The van der Waals surface area contributed by atoms with Crippen molar-refractivity contribution in [3.05, 3.63) is 35.4 Å². The molecular weight excluding hydrogens is 202 g/mol. The second-order valence-corrected chi connectivity index (χ2v) is 4.04. The van der Waals surface area contributed by atoms with Crippen LogP contribution in [0.1, 0.15) is 36.8 Å². The molecule has 2 rings (SSSR count). The molecule has 0 aliphatic heterocycles. The van der Waals surface area contributed by atoms with E-state index >= 15 is 0 Å². The number of rotatable bonds is 3. The van der Waals surface area contributed by atoms with Gasteiger partial charge < -0.3 is 0 Å². The molecule has 1 aromatic rings. The van der Waals surface area contributed by atoms with Crippen LogP contribution in [0, 0.1) is 0 Å². The fourth-order valence-electron chi connectivity index (χ4n) is 2.24. The molecule has 1 amide bonds. The normalized spacial score (nSPS) is 18.9. The number of benzene rings is 1. The number of hydrogen-bond acceptors (Lipinski definition) is 2. The highest BCUT2D eigenvalue weighted by molar-refractivity contribution is 5.83. The quantitative estimate of drug-likeness (QED) is 0.791. The van der Waals surface area contributed by atoms with Crippen molar-refractivity contribution in [2.75, 3.05) is 6.61 Å². The molecule has 1 N–H and O–H groups in total. The van der Waals surface area contributed by atoms with E-state index in [1.807, 2.05) is 25.1 Å². The van der Waals surface area contributed by atoms with Crippen molar-refractivity contribution in [3.8, 4) is 0 Å². The summed E-state index contributed by atoms with van der Waals surface area (Å²) < 4.78 is 0. The van der Waals surface area contributed by atoms with E-state index in [0.717, 1.165) is 24.8 Å². The zero-order valence-corrected chi connectivity index (χ0v) is 9.53. The molecule has 1 aliphatic carbocycles. The van der Waals surface area contributed by atoms with E-state index in [4.69, 9.17) is 4.84 Å². The van der Waals surface area contributed by atoms with Crippen LogP contribution < -0.4 is 5.48 Å². The van der Waals surface area contributed by atoms with Gasteiger partial charge in [0.15, 0.2) is 0 Å². The van der Waals surface area contributed by atoms with Crippen LogP contribution in [0.2, 0.25) is 0 Å². The summed E-state index contributed by atoms with van der Waals surface area (Å²) in [6.07, 6.45) is 3.06. The number of hydrogen-bond donors (Lipinski definition) is 1. The lowest BCUT2D eigenvalue weighted by molar-refractivity contribution is -0.135. The molecule has 0 saturated carbocycles. The van der Waals surface area contributed by atoms with E-state index in [9.17, 15) is 4.79 Å². The Kier molecular flexibility index (Phi) is 3.57. The highest BCUT2D eigenvalue weighted by atomic mass is 16.6. The molecule has 86 valence electrons. The van der Waals surface area contributed by atoms with E-state index in [0.29, 0.717) is 6.61 Å². The Morgan fingerprint density at radius 3 is 3.12 bits per heavy atom. The molecular formula is C13H17NO2. The van der Waals surface area contributed by atoms with Crippen LogP contribution in [0.25, 0.3) is 0 Å². The third kappa shape index (κ3) is 2.25. The van der Waals surface area contributed by atoms with Crippen molar-refractivity contribution >= 4 is 5.91 Å². The first-order chi connectivity index (χ1) is 7.83. The van der Waals surface area contributed by atoms with Gasteiger partial charge in [-0.3, -0.25) is 9.63 Å². The maximum Gasteiger partial charge on any atom is 0.251 e. The van der Waals surface area contributed by atoms with Crippen LogP contribution >= 0.6 is 0 Å². The predicted molar refractivity (Wildman–Crippen MR) is 61.9 cm³/mol. The van der Waals surface area contributed by atoms with Crippen molar-refractivity contribution in [1.29, 1.82) is 0 Å². The molecule has 0 radical (unpaired) electrons. The summed E-state index contributed by atoms with van der Waals surface area (Å²) in [7, 11) is 0. The Hall–Kier alpha value is -1.35. The lowest BCUT2D eigenvalue weighted by Gasteiger charge is -2.24. The van der Waals surface area contributed by atoms with E-state index < -0.39 is 0 Å². The largest absolute Gasteiger partial charge is 0.274 e. The van der Waals surface area contributed by atoms with E-state index in [-0.39, 0.29) is 11.8 Å². The SMILES string of the molecule is CCONC(=O)C1CCCc2ccccc21. The minimum Gasteiger partial charge on any atom is -0.274 e. The van der Waals surface area contributed by atoms with E-state index in [1.54, 1.807) is 0 Å². The number of carbonyl (C=O) groups excluding carboxylic acids is 1. The monoisotopic (exact) mass is 219 g/mol. The summed E-state index contributed by atoms with van der Waals surface area (Å²) in [5.41, 5.74) is 4.96. The fraction of sp³-hybridized carbons (Fsp3) is 0.462. The Balaban J connectivity index is 2.15. The first-order valence-corrected chi connectivity index (χ1v) is 5.82. The molecule has 0 fully saturated rings. The van der Waals surface area contributed by atoms with Crippen LogP contribution in [0.4, 0.5) is 0 Å². The van der Waals surface area contributed by atoms with Crippen molar-refractivity contribution in [2.45, 2.75) is 32.1 Å². The fourth-order valence-corrected chi connectivity index (χ4v) is 2.24. The predicted octanol–water partition coefficient (Wildman–Crippen LogP) is 2.17. The summed E-state index contributed by atoms with van der Waals surface area (Å²) in [6, 6.07) is 8.17. The smallest absolute Gasteiger partial charge is 0.251 e. The van der Waals surface area contributed by atoms with Gasteiger partial charge in [-0.15, -0.1) is 0 Å². The number of amides is 1. The average Bonchev–Trinajstić information content (AvgIpc) is 2.35. The summed E-state index contributed by atoms with van der Waals surface area (Å²) >= 11 is 0. The highest BCUT2D eigenvalue weighted by Crippen LogP contribution is 2.31. The van der Waals surface area contributed by atoms with Gasteiger partial charge in [0.1, 0.15) is 0 Å². The van der Waals surface area contributed by atoms with Crippen molar-refractivity contribution in [1.82, 2.24) is 5.48 Å². The molecule has 0 bridgehead atoms. The molecule has 0 saturated heterocycles. The van der Waals surface area contributed by atoms with Crippen LogP contribution in [-0.2, 0) is 16.1 Å². The van der Waals surface area contributed by atoms with Gasteiger partial charge in [0.25, 0.3) is 5.91 Å². The van der Waals surface area contributed by atoms with Gasteiger partial charge in [-0.2, -0.15) is 0 Å². The average molecular weight is 219 g/mol. The van der Waals surface area contributed by atoms with Gasteiger partial charge in [-0.1, -0.05) is 24.3 Å². The number of aryl methyl sites for hydroxylation is 1. The maximum atomic E-state index is 11.9. The number of nitrogens with one attached hydrogen (secondary N) is 1. The van der Waals surface area contributed by atoms with Gasteiger partial charge in [0, 0.05) is 0 Å². The number of hydroxylamine groups is 1. The Morgan fingerprint density at radius 2 is 2.31 bits per heavy atom. The summed E-state index contributed by atoms with van der Waals surface area (Å²) in [5.74, 6) is -0.0644. The van der Waals surface area contributed by atoms with Crippen LogP contribution in [0.3, 0.4) is 0 Å². The second-order valence-electron chi connectivity index (χ2n) is 4.04. The zero-order valence-electron chi connectivity index (χ0n) is 9.53. The summed E-state index contributed by atoms with van der Waals surface area (Å²) in [6.45, 7) is 2.36. The minimum atomic E-state index is -0.0449. The molecule has 3 heteroatoms. The topological polar surface area (TPSA) is 38.3 Å². The Labute approximate surface area is 95.8 Å². The highest BCUT2D eigenvalue weighted by Gasteiger charge is 2.25. The molecule has 0 heterocycles. The lowest BCUT2D eigenvalue weighted by atomic mass is 9.82. The first kappa shape index (κ1) is 11.1. The molecule has 1 atom stereocenters. The van der Waals surface area contributed by atoms with E-state index in [1.165, 1.54) is 5.56 Å². The third-order valence-electron chi connectivity index (χ3n) is 3.00. The molecule has 1 unspecified atom stereocenters. The van der Waals surface area contributed by atoms with Crippen LogP contribution in [-0.4, -0.2) is 12.5 Å². The Bertz CT molecular complexity index is 376. The van der Waals surface area contributed by atoms with Gasteiger partial charge in [-0.25, -0.2) is 5.48 Å². The molecule has 16 heavy (non-hydrogen) atoms. The molecule has 1 aromatic carbocycles. The lowest BCUT2D eigenvalue weighted by Crippen LogP contribution is -2.31.